The van der Waals surface area contributed by atoms with E-state index in [0.717, 1.165) is 16.3 Å². The van der Waals surface area contributed by atoms with E-state index in [2.05, 4.69) is 0 Å². The van der Waals surface area contributed by atoms with Crippen molar-refractivity contribution in [2.24, 2.45) is 0 Å². The molecule has 3 aromatic rings. The van der Waals surface area contributed by atoms with E-state index in [4.69, 9.17) is 0 Å². The molecule has 0 aliphatic carbocycles. The quantitative estimate of drug-likeness (QED) is 0.675. The predicted octanol–water partition coefficient (Wildman–Crippen LogP) is 3.80. The zero-order chi connectivity index (χ0) is 15.8. The summed E-state index contributed by atoms with van der Waals surface area (Å²) in [5.41, 5.74) is 1.82. The summed E-state index contributed by atoms with van der Waals surface area (Å²) in [5.74, 6) is -0.581. The molecule has 23 heavy (non-hydrogen) atoms. The molecule has 0 saturated carbocycles. The van der Waals surface area contributed by atoms with Crippen LogP contribution in [0.5, 0.6) is 0 Å². The average molecular weight is 299 g/mol. The van der Waals surface area contributed by atoms with Gasteiger partial charge in [-0.05, 0) is 17.0 Å². The first-order valence-electron chi connectivity index (χ1n) is 7.39. The third-order valence-electron chi connectivity index (χ3n) is 4.01. The molecular weight excluding hydrogens is 286 g/mol. The van der Waals surface area contributed by atoms with Crippen molar-refractivity contribution in [2.45, 2.75) is 0 Å². The molecule has 0 saturated heterocycles. The van der Waals surface area contributed by atoms with E-state index >= 15 is 0 Å². The number of nitrogens with zero attached hydrogens (tertiary/aromatic N) is 1. The Hall–Kier alpha value is -3.20. The van der Waals surface area contributed by atoms with Crippen LogP contribution in [-0.2, 0) is 9.59 Å². The number of rotatable bonds is 2. The number of fused-ring (bicyclic) bond motifs is 1. The number of amides is 2. The van der Waals surface area contributed by atoms with Gasteiger partial charge in [-0.15, -0.1) is 0 Å². The Labute approximate surface area is 133 Å². The lowest BCUT2D eigenvalue weighted by atomic mass is 10.1. The van der Waals surface area contributed by atoms with Crippen LogP contribution in [0.2, 0.25) is 0 Å². The van der Waals surface area contributed by atoms with Crippen molar-refractivity contribution in [3.63, 3.8) is 0 Å². The van der Waals surface area contributed by atoms with Crippen molar-refractivity contribution in [3.05, 3.63) is 84.4 Å². The van der Waals surface area contributed by atoms with Gasteiger partial charge in [-0.3, -0.25) is 9.59 Å². The second-order valence-corrected chi connectivity index (χ2v) is 5.40. The Balaban J connectivity index is 1.82. The van der Waals surface area contributed by atoms with Crippen molar-refractivity contribution in [3.8, 4) is 0 Å². The SMILES string of the molecule is O=C1C=C(c2ccccc2)C(=O)N1c1cccc2ccccc12. The molecule has 0 unspecified atom stereocenters. The average Bonchev–Trinajstić information content (AvgIpc) is 2.90. The highest BCUT2D eigenvalue weighted by Gasteiger charge is 2.33. The zero-order valence-electron chi connectivity index (χ0n) is 12.3. The van der Waals surface area contributed by atoms with Crippen LogP contribution in [0, 0.1) is 0 Å². The summed E-state index contributed by atoms with van der Waals surface area (Å²) in [4.78, 5) is 26.5. The van der Waals surface area contributed by atoms with Crippen LogP contribution < -0.4 is 4.90 Å². The molecule has 0 radical (unpaired) electrons. The number of hydrogen-bond acceptors (Lipinski definition) is 2. The van der Waals surface area contributed by atoms with E-state index < -0.39 is 0 Å². The maximum Gasteiger partial charge on any atom is 0.266 e. The van der Waals surface area contributed by atoms with E-state index in [-0.39, 0.29) is 11.8 Å². The summed E-state index contributed by atoms with van der Waals surface area (Å²) in [7, 11) is 0. The molecular formula is C20H13NO2. The van der Waals surface area contributed by atoms with Gasteiger partial charge in [-0.1, -0.05) is 66.7 Å². The molecule has 1 aliphatic rings. The van der Waals surface area contributed by atoms with Gasteiger partial charge in [0.2, 0.25) is 0 Å². The lowest BCUT2D eigenvalue weighted by molar-refractivity contribution is -0.119. The van der Waals surface area contributed by atoms with Crippen LogP contribution >= 0.6 is 0 Å². The normalized spacial score (nSPS) is 14.4. The van der Waals surface area contributed by atoms with Crippen LogP contribution in [0.3, 0.4) is 0 Å². The second-order valence-electron chi connectivity index (χ2n) is 5.40. The Morgan fingerprint density at radius 1 is 0.696 bits per heavy atom. The van der Waals surface area contributed by atoms with Gasteiger partial charge < -0.3 is 0 Å². The monoisotopic (exact) mass is 299 g/mol. The molecule has 0 bridgehead atoms. The third-order valence-corrected chi connectivity index (χ3v) is 4.01. The minimum atomic E-state index is -0.301. The number of carbonyl (C=O) groups excluding carboxylic acids is 2. The fourth-order valence-electron chi connectivity index (χ4n) is 2.93. The van der Waals surface area contributed by atoms with E-state index in [1.807, 2.05) is 66.7 Å². The lowest BCUT2D eigenvalue weighted by Gasteiger charge is -2.17. The van der Waals surface area contributed by atoms with Crippen LogP contribution in [0.25, 0.3) is 16.3 Å². The maximum atomic E-state index is 12.8. The van der Waals surface area contributed by atoms with Crippen molar-refractivity contribution >= 4 is 33.8 Å². The first kappa shape index (κ1) is 13.5. The van der Waals surface area contributed by atoms with Crippen molar-refractivity contribution in [1.82, 2.24) is 0 Å². The summed E-state index contributed by atoms with van der Waals surface area (Å²) < 4.78 is 0. The van der Waals surface area contributed by atoms with E-state index in [1.54, 1.807) is 6.07 Å². The summed E-state index contributed by atoms with van der Waals surface area (Å²) >= 11 is 0. The van der Waals surface area contributed by atoms with Gasteiger partial charge >= 0.3 is 0 Å². The van der Waals surface area contributed by atoms with Crippen LogP contribution in [0.1, 0.15) is 5.56 Å². The Morgan fingerprint density at radius 3 is 2.22 bits per heavy atom. The molecule has 0 spiro atoms. The lowest BCUT2D eigenvalue weighted by Crippen LogP contribution is -2.30. The highest BCUT2D eigenvalue weighted by molar-refractivity contribution is 6.44. The van der Waals surface area contributed by atoms with Crippen LogP contribution in [-0.4, -0.2) is 11.8 Å². The highest BCUT2D eigenvalue weighted by Crippen LogP contribution is 2.33. The fourth-order valence-corrected chi connectivity index (χ4v) is 2.93. The van der Waals surface area contributed by atoms with Gasteiger partial charge in [0.25, 0.3) is 11.8 Å². The highest BCUT2D eigenvalue weighted by atomic mass is 16.2. The summed E-state index contributed by atoms with van der Waals surface area (Å²) in [6.07, 6.45) is 1.42. The smallest absolute Gasteiger partial charge is 0.266 e. The van der Waals surface area contributed by atoms with Gasteiger partial charge in [0, 0.05) is 11.5 Å². The minimum Gasteiger partial charge on any atom is -0.269 e. The minimum absolute atomic E-state index is 0.280. The van der Waals surface area contributed by atoms with Crippen molar-refractivity contribution in [2.75, 3.05) is 4.90 Å². The molecule has 3 aromatic carbocycles. The number of benzene rings is 3. The van der Waals surface area contributed by atoms with Crippen molar-refractivity contribution in [1.29, 1.82) is 0 Å². The van der Waals surface area contributed by atoms with Gasteiger partial charge in [-0.2, -0.15) is 0 Å². The first-order valence-corrected chi connectivity index (χ1v) is 7.39. The zero-order valence-corrected chi connectivity index (χ0v) is 12.3. The largest absolute Gasteiger partial charge is 0.269 e. The third kappa shape index (κ3) is 2.14. The molecule has 4 rings (SSSR count). The molecule has 3 heteroatoms. The summed E-state index contributed by atoms with van der Waals surface area (Å²) in [5, 5.41) is 1.89. The topological polar surface area (TPSA) is 37.4 Å². The van der Waals surface area contributed by atoms with Gasteiger partial charge in [0.05, 0.1) is 11.3 Å². The summed E-state index contributed by atoms with van der Waals surface area (Å²) in [6.45, 7) is 0. The van der Waals surface area contributed by atoms with E-state index in [9.17, 15) is 9.59 Å². The molecule has 110 valence electrons. The molecule has 1 aliphatic heterocycles. The summed E-state index contributed by atoms with van der Waals surface area (Å²) in [6, 6.07) is 22.6. The molecule has 0 N–H and O–H groups in total. The van der Waals surface area contributed by atoms with Gasteiger partial charge in [0.15, 0.2) is 0 Å². The van der Waals surface area contributed by atoms with Crippen molar-refractivity contribution < 1.29 is 9.59 Å². The molecule has 3 nitrogen and oxygen atoms in total. The predicted molar refractivity (Wildman–Crippen MR) is 90.9 cm³/mol. The standard InChI is InChI=1S/C20H13NO2/c22-19-13-17(15-7-2-1-3-8-15)20(23)21(19)18-12-6-10-14-9-4-5-11-16(14)18/h1-13H. The van der Waals surface area contributed by atoms with Crippen LogP contribution in [0.15, 0.2) is 78.9 Å². The second kappa shape index (κ2) is 5.21. The molecule has 0 fully saturated rings. The molecule has 1 heterocycles. The number of hydrogen-bond donors (Lipinski definition) is 0. The Morgan fingerprint density at radius 2 is 1.39 bits per heavy atom. The Bertz CT molecular complexity index is 952. The van der Waals surface area contributed by atoms with E-state index in [0.29, 0.717) is 11.3 Å². The number of anilines is 1. The molecule has 0 aromatic heterocycles. The number of carbonyl (C=O) groups is 2. The fraction of sp³-hybridized carbons (Fsp3) is 0. The number of imide groups is 1. The maximum absolute atomic E-state index is 12.8. The molecule has 0 atom stereocenters. The Kier molecular flexibility index (Phi) is 3.05. The van der Waals surface area contributed by atoms with E-state index in [1.165, 1.54) is 11.0 Å². The molecule has 2 amide bonds. The van der Waals surface area contributed by atoms with Crippen LogP contribution in [0.4, 0.5) is 5.69 Å². The first-order chi connectivity index (χ1) is 11.3. The van der Waals surface area contributed by atoms with Gasteiger partial charge in [-0.25, -0.2) is 4.90 Å². The van der Waals surface area contributed by atoms with Gasteiger partial charge in [0.1, 0.15) is 0 Å².